The van der Waals surface area contributed by atoms with Gasteiger partial charge >= 0.3 is 5.97 Å². The number of esters is 1. The molecule has 0 amide bonds. The molecule has 2 heterocycles. The highest BCUT2D eigenvalue weighted by Gasteiger charge is 2.43. The Morgan fingerprint density at radius 2 is 1.25 bits per heavy atom. The number of oxime groups is 1. The van der Waals surface area contributed by atoms with E-state index in [1.807, 2.05) is 50.2 Å². The molecule has 0 saturated heterocycles. The maximum absolute atomic E-state index is 13.8. The van der Waals surface area contributed by atoms with Crippen LogP contribution in [-0.2, 0) is 16.1 Å². The molecule has 0 radical (unpaired) electrons. The summed E-state index contributed by atoms with van der Waals surface area (Å²) in [6.45, 7) is 9.85. The standard InChI is InChI=1S/C49H65NO6/c1-6-7-8-9-10-11-12-13-14-15-16-17-18-25-31-49(5)32-30-40-45(48(54-37(4)51)36(3)35(2)47(40)55-49)46-41(33-42(52)38-26-21-19-22-27-38)44(56-50-46)34-43(53)39-28-23-20-24-29-39/h19-24,26-29,41,44H,6-18,25,30-34H2,1-5H3/t41-,44+,49?/m1/s1. The average Bonchev–Trinajstić information content (AvgIpc) is 3.58. The number of rotatable bonds is 23. The van der Waals surface area contributed by atoms with Gasteiger partial charge in [0.05, 0.1) is 18.1 Å². The molecular formula is C49H65NO6. The Morgan fingerprint density at radius 3 is 1.79 bits per heavy atom. The predicted molar refractivity (Wildman–Crippen MR) is 225 cm³/mol. The second-order valence-corrected chi connectivity index (χ2v) is 16.5. The van der Waals surface area contributed by atoms with Crippen molar-refractivity contribution in [2.24, 2.45) is 11.1 Å². The number of benzene rings is 3. The van der Waals surface area contributed by atoms with Gasteiger partial charge in [0.25, 0.3) is 0 Å². The van der Waals surface area contributed by atoms with Gasteiger partial charge in [0.1, 0.15) is 23.2 Å². The summed E-state index contributed by atoms with van der Waals surface area (Å²) in [6, 6.07) is 18.3. The highest BCUT2D eigenvalue weighted by molar-refractivity contribution is 6.11. The van der Waals surface area contributed by atoms with E-state index in [0.717, 1.165) is 41.7 Å². The lowest BCUT2D eigenvalue weighted by molar-refractivity contribution is -0.131. The number of Topliss-reactive ketones (excluding diaryl/α,β-unsaturated/α-hetero) is 2. The van der Waals surface area contributed by atoms with Gasteiger partial charge in [-0.25, -0.2) is 0 Å². The second-order valence-electron chi connectivity index (χ2n) is 16.5. The number of hydrogen-bond donors (Lipinski definition) is 0. The molecule has 0 aromatic heterocycles. The Morgan fingerprint density at radius 1 is 0.732 bits per heavy atom. The van der Waals surface area contributed by atoms with Crippen molar-refractivity contribution in [2.45, 2.75) is 168 Å². The number of nitrogens with zero attached hydrogens (tertiary/aromatic N) is 1. The minimum atomic E-state index is -0.678. The van der Waals surface area contributed by atoms with Crippen molar-refractivity contribution >= 4 is 23.2 Å². The maximum Gasteiger partial charge on any atom is 0.308 e. The van der Waals surface area contributed by atoms with Crippen molar-refractivity contribution in [3.05, 3.63) is 94.0 Å². The molecule has 1 unspecified atom stereocenters. The number of fused-ring (bicyclic) bond motifs is 1. The molecule has 0 aliphatic carbocycles. The number of carbonyl (C=O) groups is 3. The van der Waals surface area contributed by atoms with Crippen molar-refractivity contribution in [3.8, 4) is 11.5 Å². The fourth-order valence-electron chi connectivity index (χ4n) is 8.43. The number of ether oxygens (including phenoxy) is 2. The zero-order valence-corrected chi connectivity index (χ0v) is 34.8. The lowest BCUT2D eigenvalue weighted by Gasteiger charge is -2.39. The molecule has 7 heteroatoms. The van der Waals surface area contributed by atoms with Crippen molar-refractivity contribution in [1.82, 2.24) is 0 Å². The molecule has 3 aromatic rings. The molecule has 0 fully saturated rings. The third-order valence-electron chi connectivity index (χ3n) is 11.9. The van der Waals surface area contributed by atoms with Crippen LogP contribution in [0.4, 0.5) is 0 Å². The number of hydrogen-bond acceptors (Lipinski definition) is 7. The van der Waals surface area contributed by atoms with Gasteiger partial charge in [0, 0.05) is 35.6 Å². The molecule has 302 valence electrons. The van der Waals surface area contributed by atoms with Crippen LogP contribution in [0.15, 0.2) is 65.8 Å². The number of ketones is 2. The van der Waals surface area contributed by atoms with E-state index in [0.29, 0.717) is 34.6 Å². The Bertz CT molecular complexity index is 1780. The molecule has 0 bridgehead atoms. The zero-order valence-electron chi connectivity index (χ0n) is 34.8. The van der Waals surface area contributed by atoms with Crippen LogP contribution in [0.25, 0.3) is 0 Å². The Kier molecular flexibility index (Phi) is 16.3. The van der Waals surface area contributed by atoms with Crippen molar-refractivity contribution in [1.29, 1.82) is 0 Å². The first-order valence-electron chi connectivity index (χ1n) is 21.6. The van der Waals surface area contributed by atoms with Gasteiger partial charge in [0.2, 0.25) is 0 Å². The fourth-order valence-corrected chi connectivity index (χ4v) is 8.43. The smallest absolute Gasteiger partial charge is 0.308 e. The lowest BCUT2D eigenvalue weighted by atomic mass is 9.78. The molecule has 0 spiro atoms. The van der Waals surface area contributed by atoms with Gasteiger partial charge in [-0.05, 0) is 57.6 Å². The maximum atomic E-state index is 13.8. The summed E-state index contributed by atoms with van der Waals surface area (Å²) < 4.78 is 13.0. The van der Waals surface area contributed by atoms with E-state index in [9.17, 15) is 14.4 Å². The Labute approximate surface area is 336 Å². The van der Waals surface area contributed by atoms with E-state index in [2.05, 4.69) is 19.0 Å². The van der Waals surface area contributed by atoms with Crippen LogP contribution in [0.3, 0.4) is 0 Å². The van der Waals surface area contributed by atoms with Gasteiger partial charge in [-0.2, -0.15) is 0 Å². The third kappa shape index (κ3) is 11.6. The molecule has 3 atom stereocenters. The summed E-state index contributed by atoms with van der Waals surface area (Å²) in [6.07, 6.45) is 20.5. The molecule has 2 aliphatic heterocycles. The monoisotopic (exact) mass is 763 g/mol. The normalized spacial score (nSPS) is 18.8. The molecule has 3 aromatic carbocycles. The first-order valence-corrected chi connectivity index (χ1v) is 21.6. The zero-order chi connectivity index (χ0) is 39.9. The molecule has 0 saturated carbocycles. The van der Waals surface area contributed by atoms with Crippen molar-refractivity contribution in [2.75, 3.05) is 0 Å². The van der Waals surface area contributed by atoms with Crippen LogP contribution in [0, 0.1) is 19.8 Å². The first kappa shape index (κ1) is 42.9. The van der Waals surface area contributed by atoms with Gasteiger partial charge in [-0.1, -0.05) is 156 Å². The van der Waals surface area contributed by atoms with Crippen molar-refractivity contribution < 1.29 is 28.7 Å². The number of unbranched alkanes of at least 4 members (excludes halogenated alkanes) is 13. The van der Waals surface area contributed by atoms with Gasteiger partial charge in [-0.15, -0.1) is 0 Å². The van der Waals surface area contributed by atoms with Crippen LogP contribution in [0.5, 0.6) is 11.5 Å². The average molecular weight is 764 g/mol. The largest absolute Gasteiger partial charge is 0.487 e. The number of carbonyl (C=O) groups excluding carboxylic acids is 3. The molecule has 5 rings (SSSR count). The van der Waals surface area contributed by atoms with E-state index < -0.39 is 18.0 Å². The minimum Gasteiger partial charge on any atom is -0.487 e. The SMILES string of the molecule is CCCCCCCCCCCCCCCCC1(C)CCc2c(c(C)c(C)c(OC(C)=O)c2C2=NO[C@@H](CC(=O)c3ccccc3)[C@H]2CC(=O)c2ccccc2)O1. The van der Waals surface area contributed by atoms with Gasteiger partial charge < -0.3 is 14.3 Å². The molecule has 56 heavy (non-hydrogen) atoms. The van der Waals surface area contributed by atoms with Crippen LogP contribution < -0.4 is 9.47 Å². The molecule has 2 aliphatic rings. The first-order chi connectivity index (χ1) is 27.1. The summed E-state index contributed by atoms with van der Waals surface area (Å²) in [5.74, 6) is 0.0542. The van der Waals surface area contributed by atoms with Crippen LogP contribution in [0.1, 0.15) is 179 Å². The lowest BCUT2D eigenvalue weighted by Crippen LogP contribution is -2.38. The Balaban J connectivity index is 1.29. The summed E-state index contributed by atoms with van der Waals surface area (Å²) in [7, 11) is 0. The van der Waals surface area contributed by atoms with Gasteiger partial charge in [-0.3, -0.25) is 14.4 Å². The summed E-state index contributed by atoms with van der Waals surface area (Å²) >= 11 is 0. The topological polar surface area (TPSA) is 91.3 Å². The van der Waals surface area contributed by atoms with E-state index in [1.165, 1.54) is 90.4 Å². The highest BCUT2D eigenvalue weighted by atomic mass is 16.6. The molecular weight excluding hydrogens is 699 g/mol. The van der Waals surface area contributed by atoms with Gasteiger partial charge in [0.15, 0.2) is 11.6 Å². The van der Waals surface area contributed by atoms with Crippen molar-refractivity contribution in [3.63, 3.8) is 0 Å². The van der Waals surface area contributed by atoms with Crippen LogP contribution in [-0.4, -0.2) is 35.0 Å². The summed E-state index contributed by atoms with van der Waals surface area (Å²) in [5, 5.41) is 4.63. The summed E-state index contributed by atoms with van der Waals surface area (Å²) in [4.78, 5) is 46.0. The van der Waals surface area contributed by atoms with Crippen LogP contribution in [0.2, 0.25) is 0 Å². The molecule has 7 nitrogen and oxygen atoms in total. The fraction of sp³-hybridized carbons (Fsp3) is 0.551. The Hall–Kier alpha value is -4.26. The van der Waals surface area contributed by atoms with Crippen LogP contribution >= 0.6 is 0 Å². The minimum absolute atomic E-state index is 0.0491. The predicted octanol–water partition coefficient (Wildman–Crippen LogP) is 12.4. The van der Waals surface area contributed by atoms with E-state index in [1.54, 1.807) is 24.3 Å². The summed E-state index contributed by atoms with van der Waals surface area (Å²) in [5.41, 5.74) is 4.63. The second kappa shape index (κ2) is 21.3. The third-order valence-corrected chi connectivity index (χ3v) is 11.9. The van der Waals surface area contributed by atoms with E-state index in [-0.39, 0.29) is 30.0 Å². The molecule has 0 N–H and O–H groups in total. The van der Waals surface area contributed by atoms with E-state index >= 15 is 0 Å². The highest BCUT2D eigenvalue weighted by Crippen LogP contribution is 2.48. The van der Waals surface area contributed by atoms with E-state index in [4.69, 9.17) is 14.3 Å². The quantitative estimate of drug-likeness (QED) is 0.0413.